The molecule has 0 radical (unpaired) electrons. The minimum atomic E-state index is -0.141. The summed E-state index contributed by atoms with van der Waals surface area (Å²) in [6.45, 7) is 3.26. The summed E-state index contributed by atoms with van der Waals surface area (Å²) in [5, 5.41) is 0. The molecule has 1 aromatic rings. The third kappa shape index (κ3) is 2.12. The number of cyclic esters (lactones) is 1. The Morgan fingerprint density at radius 3 is 2.50 bits per heavy atom. The van der Waals surface area contributed by atoms with Crippen molar-refractivity contribution in [2.24, 2.45) is 0 Å². The van der Waals surface area contributed by atoms with Crippen LogP contribution in [-0.4, -0.2) is 48.3 Å². The summed E-state index contributed by atoms with van der Waals surface area (Å²) in [4.78, 5) is 19.8. The molecule has 96 valence electrons. The first-order valence-electron chi connectivity index (χ1n) is 6.43. The van der Waals surface area contributed by atoms with Crippen LogP contribution in [0, 0.1) is 0 Å². The van der Waals surface area contributed by atoms with Crippen LogP contribution in [0.4, 0.5) is 10.5 Å². The molecule has 0 saturated carbocycles. The molecule has 0 spiro atoms. The highest BCUT2D eigenvalue weighted by molar-refractivity contribution is 5.69. The summed E-state index contributed by atoms with van der Waals surface area (Å²) in [5.74, 6) is 0. The Kier molecular flexibility index (Phi) is 3.04. The van der Waals surface area contributed by atoms with Crippen LogP contribution in [0.25, 0.3) is 0 Å². The molecule has 18 heavy (non-hydrogen) atoms. The molecule has 0 aromatic carbocycles. The molecule has 0 aliphatic carbocycles. The van der Waals surface area contributed by atoms with Crippen molar-refractivity contribution in [1.82, 2.24) is 9.88 Å². The molecule has 0 bridgehead atoms. The zero-order chi connectivity index (χ0) is 12.4. The first-order valence-corrected chi connectivity index (χ1v) is 6.43. The molecule has 1 aromatic heterocycles. The average molecular weight is 247 g/mol. The van der Waals surface area contributed by atoms with Crippen LogP contribution in [0.1, 0.15) is 12.8 Å². The lowest BCUT2D eigenvalue weighted by Gasteiger charge is -2.36. The van der Waals surface area contributed by atoms with Gasteiger partial charge in [-0.2, -0.15) is 0 Å². The van der Waals surface area contributed by atoms with Gasteiger partial charge in [0.1, 0.15) is 6.61 Å². The summed E-state index contributed by atoms with van der Waals surface area (Å²) in [6, 6.07) is 4.41. The highest BCUT2D eigenvalue weighted by Gasteiger charge is 2.32. The van der Waals surface area contributed by atoms with Gasteiger partial charge in [-0.05, 0) is 25.0 Å². The van der Waals surface area contributed by atoms with Crippen LogP contribution < -0.4 is 4.90 Å². The largest absolute Gasteiger partial charge is 0.448 e. The molecule has 2 fully saturated rings. The predicted octanol–water partition coefficient (Wildman–Crippen LogP) is 1.50. The molecule has 5 nitrogen and oxygen atoms in total. The molecular weight excluding hydrogens is 230 g/mol. The van der Waals surface area contributed by atoms with Crippen LogP contribution in [0.15, 0.2) is 24.5 Å². The zero-order valence-electron chi connectivity index (χ0n) is 10.3. The molecule has 3 heterocycles. The molecular formula is C13H17N3O2. The van der Waals surface area contributed by atoms with E-state index in [1.54, 1.807) is 0 Å². The second-order valence-corrected chi connectivity index (χ2v) is 4.73. The Morgan fingerprint density at radius 2 is 1.89 bits per heavy atom. The van der Waals surface area contributed by atoms with Crippen molar-refractivity contribution in [3.8, 4) is 0 Å². The number of pyridine rings is 1. The lowest BCUT2D eigenvalue weighted by atomic mass is 10.0. The number of carbonyl (C=O) groups is 1. The van der Waals surface area contributed by atoms with Crippen molar-refractivity contribution < 1.29 is 9.53 Å². The number of hydrogen-bond acceptors (Lipinski definition) is 4. The quantitative estimate of drug-likeness (QED) is 0.794. The van der Waals surface area contributed by atoms with Crippen molar-refractivity contribution >= 4 is 11.8 Å². The third-order valence-corrected chi connectivity index (χ3v) is 3.73. The Hall–Kier alpha value is -1.78. The van der Waals surface area contributed by atoms with E-state index in [0.29, 0.717) is 12.6 Å². The molecule has 2 aliphatic heterocycles. The lowest BCUT2D eigenvalue weighted by molar-refractivity contribution is 0.142. The van der Waals surface area contributed by atoms with Gasteiger partial charge in [-0.1, -0.05) is 0 Å². The smallest absolute Gasteiger partial charge is 0.410 e. The van der Waals surface area contributed by atoms with Crippen molar-refractivity contribution in [3.63, 3.8) is 0 Å². The van der Waals surface area contributed by atoms with E-state index in [1.807, 2.05) is 29.4 Å². The number of hydrogen-bond donors (Lipinski definition) is 0. The number of anilines is 1. The van der Waals surface area contributed by atoms with E-state index in [2.05, 4.69) is 9.88 Å². The average Bonchev–Trinajstić information content (AvgIpc) is 2.86. The Labute approximate surface area is 106 Å². The normalized spacial score (nSPS) is 21.2. The minimum Gasteiger partial charge on any atom is -0.448 e. The lowest BCUT2D eigenvalue weighted by Crippen LogP contribution is -2.45. The van der Waals surface area contributed by atoms with Gasteiger partial charge in [-0.25, -0.2) is 4.79 Å². The Bertz CT molecular complexity index is 416. The molecule has 2 saturated heterocycles. The number of ether oxygens (including phenoxy) is 1. The maximum absolute atomic E-state index is 11.5. The van der Waals surface area contributed by atoms with Crippen molar-refractivity contribution in [2.75, 3.05) is 31.1 Å². The van der Waals surface area contributed by atoms with Gasteiger partial charge in [-0.3, -0.25) is 4.98 Å². The minimum absolute atomic E-state index is 0.141. The topological polar surface area (TPSA) is 45.7 Å². The van der Waals surface area contributed by atoms with Crippen molar-refractivity contribution in [3.05, 3.63) is 24.5 Å². The first-order chi connectivity index (χ1) is 8.84. The van der Waals surface area contributed by atoms with Gasteiger partial charge in [0.05, 0.1) is 6.54 Å². The zero-order valence-corrected chi connectivity index (χ0v) is 10.3. The third-order valence-electron chi connectivity index (χ3n) is 3.73. The second-order valence-electron chi connectivity index (χ2n) is 4.73. The van der Waals surface area contributed by atoms with Crippen LogP contribution >= 0.6 is 0 Å². The number of aromatic nitrogens is 1. The van der Waals surface area contributed by atoms with E-state index in [-0.39, 0.29) is 6.09 Å². The van der Waals surface area contributed by atoms with E-state index >= 15 is 0 Å². The highest BCUT2D eigenvalue weighted by Crippen LogP contribution is 2.23. The monoisotopic (exact) mass is 247 g/mol. The van der Waals surface area contributed by atoms with Gasteiger partial charge >= 0.3 is 6.09 Å². The molecule has 0 unspecified atom stereocenters. The highest BCUT2D eigenvalue weighted by atomic mass is 16.6. The molecule has 1 amide bonds. The van der Waals surface area contributed by atoms with Gasteiger partial charge in [0.2, 0.25) is 0 Å². The summed E-state index contributed by atoms with van der Waals surface area (Å²) in [5.41, 5.74) is 1.22. The van der Waals surface area contributed by atoms with Crippen LogP contribution in [0.2, 0.25) is 0 Å². The fourth-order valence-electron chi connectivity index (χ4n) is 2.73. The van der Waals surface area contributed by atoms with E-state index in [0.717, 1.165) is 32.5 Å². The molecule has 5 heteroatoms. The van der Waals surface area contributed by atoms with Crippen LogP contribution in [0.3, 0.4) is 0 Å². The van der Waals surface area contributed by atoms with Gasteiger partial charge in [0.15, 0.2) is 0 Å². The summed E-state index contributed by atoms with van der Waals surface area (Å²) >= 11 is 0. The van der Waals surface area contributed by atoms with E-state index < -0.39 is 0 Å². The van der Waals surface area contributed by atoms with Gasteiger partial charge in [0.25, 0.3) is 0 Å². The van der Waals surface area contributed by atoms with Crippen LogP contribution in [-0.2, 0) is 4.74 Å². The fourth-order valence-corrected chi connectivity index (χ4v) is 2.73. The first kappa shape index (κ1) is 11.3. The molecule has 3 rings (SSSR count). The molecule has 0 atom stereocenters. The van der Waals surface area contributed by atoms with Crippen molar-refractivity contribution in [1.29, 1.82) is 0 Å². The SMILES string of the molecule is O=C1OCCN1C1CCN(c2ccncc2)CC1. The Balaban J connectivity index is 1.60. The second kappa shape index (κ2) is 4.84. The summed E-state index contributed by atoms with van der Waals surface area (Å²) < 4.78 is 5.00. The van der Waals surface area contributed by atoms with Gasteiger partial charge in [0, 0.05) is 37.2 Å². The number of nitrogens with zero attached hydrogens (tertiary/aromatic N) is 3. The standard InChI is InChI=1S/C13H17N3O2/c17-13-16(9-10-18-13)12-3-7-15(8-4-12)11-1-5-14-6-2-11/h1-2,5-6,12H,3-4,7-10H2. The summed E-state index contributed by atoms with van der Waals surface area (Å²) in [6.07, 6.45) is 5.52. The van der Waals surface area contributed by atoms with Crippen molar-refractivity contribution in [2.45, 2.75) is 18.9 Å². The van der Waals surface area contributed by atoms with E-state index in [1.165, 1.54) is 5.69 Å². The number of piperidine rings is 1. The van der Waals surface area contributed by atoms with Gasteiger partial charge in [-0.15, -0.1) is 0 Å². The fraction of sp³-hybridized carbons (Fsp3) is 0.538. The summed E-state index contributed by atoms with van der Waals surface area (Å²) in [7, 11) is 0. The Morgan fingerprint density at radius 1 is 1.17 bits per heavy atom. The van der Waals surface area contributed by atoms with Crippen LogP contribution in [0.5, 0.6) is 0 Å². The van der Waals surface area contributed by atoms with Gasteiger partial charge < -0.3 is 14.5 Å². The van der Waals surface area contributed by atoms with E-state index in [4.69, 9.17) is 4.74 Å². The number of amides is 1. The maximum atomic E-state index is 11.5. The number of carbonyl (C=O) groups excluding carboxylic acids is 1. The predicted molar refractivity (Wildman–Crippen MR) is 67.5 cm³/mol. The molecule has 2 aliphatic rings. The van der Waals surface area contributed by atoms with E-state index in [9.17, 15) is 4.79 Å². The molecule has 0 N–H and O–H groups in total. The maximum Gasteiger partial charge on any atom is 0.410 e. The number of rotatable bonds is 2.